The van der Waals surface area contributed by atoms with Gasteiger partial charge in [-0.2, -0.15) is 0 Å². The Bertz CT molecular complexity index is 434. The minimum absolute atomic E-state index is 0.388. The molecule has 1 aromatic rings. The molecule has 1 aliphatic rings. The van der Waals surface area contributed by atoms with Crippen molar-refractivity contribution in [2.45, 2.75) is 32.8 Å². The lowest BCUT2D eigenvalue weighted by molar-refractivity contribution is 0.0150. The summed E-state index contributed by atoms with van der Waals surface area (Å²) in [5, 5.41) is 10.0. The summed E-state index contributed by atoms with van der Waals surface area (Å²) in [6.07, 6.45) is 1.81. The van der Waals surface area contributed by atoms with Crippen molar-refractivity contribution < 1.29 is 9.84 Å². The van der Waals surface area contributed by atoms with Crippen LogP contribution < -0.4 is 4.90 Å². The number of aliphatic hydroxyl groups is 1. The SMILES string of the molecule is CCCCOCC(O)CN1CCN(c2cccc(C)n2)CC1. The number of hydrogen-bond donors (Lipinski definition) is 1. The number of aryl methyl sites for hydroxylation is 1. The zero-order valence-corrected chi connectivity index (χ0v) is 13.9. The molecule has 0 aromatic carbocycles. The standard InChI is InChI=1S/C17H29N3O2/c1-3-4-12-22-14-16(21)13-19-8-10-20(11-9-19)17-7-5-6-15(2)18-17/h5-7,16,21H,3-4,8-14H2,1-2H3. The summed E-state index contributed by atoms with van der Waals surface area (Å²) < 4.78 is 5.48. The number of β-amino-alcohol motifs (C(OH)–C–C–N with tert-alkyl or cyclic N) is 1. The van der Waals surface area contributed by atoms with Crippen LogP contribution in [0.25, 0.3) is 0 Å². The van der Waals surface area contributed by atoms with Crippen molar-refractivity contribution in [3.05, 3.63) is 23.9 Å². The molecule has 0 amide bonds. The number of ether oxygens (including phenoxy) is 1. The van der Waals surface area contributed by atoms with E-state index in [1.807, 2.05) is 13.0 Å². The maximum absolute atomic E-state index is 10.0. The molecule has 1 N–H and O–H groups in total. The van der Waals surface area contributed by atoms with Crippen molar-refractivity contribution in [3.8, 4) is 0 Å². The van der Waals surface area contributed by atoms with Gasteiger partial charge < -0.3 is 14.7 Å². The van der Waals surface area contributed by atoms with Crippen molar-refractivity contribution in [2.75, 3.05) is 50.8 Å². The summed E-state index contributed by atoms with van der Waals surface area (Å²) in [4.78, 5) is 9.20. The average molecular weight is 307 g/mol. The minimum Gasteiger partial charge on any atom is -0.389 e. The molecule has 1 fully saturated rings. The second-order valence-corrected chi connectivity index (χ2v) is 6.01. The van der Waals surface area contributed by atoms with Crippen LogP contribution in [0.1, 0.15) is 25.5 Å². The third-order valence-corrected chi connectivity index (χ3v) is 3.99. The van der Waals surface area contributed by atoms with Gasteiger partial charge in [0.1, 0.15) is 5.82 Å². The number of aliphatic hydroxyl groups excluding tert-OH is 1. The number of nitrogens with zero attached hydrogens (tertiary/aromatic N) is 3. The molecule has 2 heterocycles. The molecule has 1 aromatic heterocycles. The van der Waals surface area contributed by atoms with Crippen LogP contribution in [0.3, 0.4) is 0 Å². The maximum atomic E-state index is 10.0. The Hall–Kier alpha value is -1.17. The fraction of sp³-hybridized carbons (Fsp3) is 0.706. The summed E-state index contributed by atoms with van der Waals surface area (Å²) in [5.74, 6) is 1.06. The molecule has 2 rings (SSSR count). The van der Waals surface area contributed by atoms with Crippen molar-refractivity contribution in [1.29, 1.82) is 0 Å². The largest absolute Gasteiger partial charge is 0.389 e. The number of hydrogen-bond acceptors (Lipinski definition) is 5. The number of pyridine rings is 1. The molecule has 124 valence electrons. The van der Waals surface area contributed by atoms with E-state index in [-0.39, 0.29) is 6.10 Å². The lowest BCUT2D eigenvalue weighted by Gasteiger charge is -2.36. The van der Waals surface area contributed by atoms with Crippen LogP contribution in [0.15, 0.2) is 18.2 Å². The molecule has 1 aliphatic heterocycles. The Balaban J connectivity index is 1.68. The van der Waals surface area contributed by atoms with E-state index in [9.17, 15) is 5.11 Å². The summed E-state index contributed by atoms with van der Waals surface area (Å²) in [7, 11) is 0. The topological polar surface area (TPSA) is 48.8 Å². The second-order valence-electron chi connectivity index (χ2n) is 6.01. The van der Waals surface area contributed by atoms with Crippen molar-refractivity contribution >= 4 is 5.82 Å². The highest BCUT2D eigenvalue weighted by atomic mass is 16.5. The van der Waals surface area contributed by atoms with Crippen LogP contribution >= 0.6 is 0 Å². The highest BCUT2D eigenvalue weighted by Gasteiger charge is 2.20. The molecule has 5 heteroatoms. The number of piperazine rings is 1. The van der Waals surface area contributed by atoms with Crippen LogP contribution in [0, 0.1) is 6.92 Å². The van der Waals surface area contributed by atoms with Crippen LogP contribution in [-0.4, -0.2) is 67.0 Å². The van der Waals surface area contributed by atoms with E-state index in [0.29, 0.717) is 13.2 Å². The van der Waals surface area contributed by atoms with E-state index in [2.05, 4.69) is 33.8 Å². The van der Waals surface area contributed by atoms with Crippen LogP contribution in [0.4, 0.5) is 5.82 Å². The van der Waals surface area contributed by atoms with E-state index in [0.717, 1.165) is 57.1 Å². The van der Waals surface area contributed by atoms with Gasteiger partial charge in [0.05, 0.1) is 12.7 Å². The summed E-state index contributed by atoms with van der Waals surface area (Å²) >= 11 is 0. The molecule has 0 spiro atoms. The molecular formula is C17H29N3O2. The second kappa shape index (κ2) is 9.08. The van der Waals surface area contributed by atoms with Crippen molar-refractivity contribution in [1.82, 2.24) is 9.88 Å². The fourth-order valence-corrected chi connectivity index (χ4v) is 2.68. The van der Waals surface area contributed by atoms with Gasteiger partial charge in [-0.3, -0.25) is 4.90 Å². The first-order valence-corrected chi connectivity index (χ1v) is 8.36. The number of unbranched alkanes of at least 4 members (excludes halogenated alkanes) is 1. The summed E-state index contributed by atoms with van der Waals surface area (Å²) in [6.45, 7) is 9.89. The average Bonchev–Trinajstić information content (AvgIpc) is 2.52. The Morgan fingerprint density at radius 2 is 2.05 bits per heavy atom. The first-order valence-electron chi connectivity index (χ1n) is 8.36. The molecule has 1 atom stereocenters. The lowest BCUT2D eigenvalue weighted by atomic mass is 10.2. The molecular weight excluding hydrogens is 278 g/mol. The van der Waals surface area contributed by atoms with Crippen LogP contribution in [-0.2, 0) is 4.74 Å². The smallest absolute Gasteiger partial charge is 0.128 e. The number of rotatable bonds is 8. The number of anilines is 1. The van der Waals surface area contributed by atoms with Gasteiger partial charge in [-0.05, 0) is 25.5 Å². The van der Waals surface area contributed by atoms with Crippen LogP contribution in [0.5, 0.6) is 0 Å². The van der Waals surface area contributed by atoms with E-state index in [1.54, 1.807) is 0 Å². The molecule has 0 aliphatic carbocycles. The third-order valence-electron chi connectivity index (χ3n) is 3.99. The zero-order valence-electron chi connectivity index (χ0n) is 13.9. The molecule has 5 nitrogen and oxygen atoms in total. The molecule has 22 heavy (non-hydrogen) atoms. The van der Waals surface area contributed by atoms with E-state index < -0.39 is 0 Å². The van der Waals surface area contributed by atoms with Gasteiger partial charge in [-0.15, -0.1) is 0 Å². The number of aromatic nitrogens is 1. The Morgan fingerprint density at radius 3 is 2.73 bits per heavy atom. The lowest BCUT2D eigenvalue weighted by Crippen LogP contribution is -2.49. The van der Waals surface area contributed by atoms with E-state index in [4.69, 9.17) is 4.74 Å². The monoisotopic (exact) mass is 307 g/mol. The summed E-state index contributed by atoms with van der Waals surface area (Å²) in [6, 6.07) is 6.15. The molecule has 1 saturated heterocycles. The molecule has 0 bridgehead atoms. The van der Waals surface area contributed by atoms with Gasteiger partial charge in [0.2, 0.25) is 0 Å². The van der Waals surface area contributed by atoms with E-state index >= 15 is 0 Å². The van der Waals surface area contributed by atoms with Crippen molar-refractivity contribution in [2.24, 2.45) is 0 Å². The van der Waals surface area contributed by atoms with Gasteiger partial charge in [0.15, 0.2) is 0 Å². The van der Waals surface area contributed by atoms with Crippen molar-refractivity contribution in [3.63, 3.8) is 0 Å². The predicted molar refractivity (Wildman–Crippen MR) is 89.4 cm³/mol. The fourth-order valence-electron chi connectivity index (χ4n) is 2.68. The van der Waals surface area contributed by atoms with Gasteiger partial charge in [0, 0.05) is 45.0 Å². The molecule has 1 unspecified atom stereocenters. The van der Waals surface area contributed by atoms with E-state index in [1.165, 1.54) is 0 Å². The van der Waals surface area contributed by atoms with Gasteiger partial charge in [0.25, 0.3) is 0 Å². The summed E-state index contributed by atoms with van der Waals surface area (Å²) in [5.41, 5.74) is 1.06. The normalized spacial score (nSPS) is 17.7. The first kappa shape index (κ1) is 17.2. The Kier molecular flexibility index (Phi) is 7.09. The predicted octanol–water partition coefficient (Wildman–Crippen LogP) is 1.69. The van der Waals surface area contributed by atoms with Gasteiger partial charge in [-0.1, -0.05) is 19.4 Å². The zero-order chi connectivity index (χ0) is 15.8. The third kappa shape index (κ3) is 5.55. The minimum atomic E-state index is -0.388. The highest BCUT2D eigenvalue weighted by Crippen LogP contribution is 2.14. The Morgan fingerprint density at radius 1 is 1.27 bits per heavy atom. The van der Waals surface area contributed by atoms with Crippen LogP contribution in [0.2, 0.25) is 0 Å². The Labute approximate surface area is 133 Å². The molecule has 0 saturated carbocycles. The quantitative estimate of drug-likeness (QED) is 0.741. The molecule has 0 radical (unpaired) electrons. The highest BCUT2D eigenvalue weighted by molar-refractivity contribution is 5.39. The maximum Gasteiger partial charge on any atom is 0.128 e. The van der Waals surface area contributed by atoms with Gasteiger partial charge >= 0.3 is 0 Å². The van der Waals surface area contributed by atoms with Gasteiger partial charge in [-0.25, -0.2) is 4.98 Å². The first-order chi connectivity index (χ1) is 10.7.